The Hall–Kier alpha value is -4.40. The van der Waals surface area contributed by atoms with Crippen LogP contribution in [0.4, 0.5) is 14.5 Å². The minimum absolute atomic E-state index is 0.0704. The number of anilines is 1. The molecular weight excluding hydrogens is 416 g/mol. The molecule has 0 bridgehead atoms. The summed E-state index contributed by atoms with van der Waals surface area (Å²) in [5.74, 6) is -3.03. The minimum atomic E-state index is -1.09. The number of carbonyl (C=O) groups is 2. The van der Waals surface area contributed by atoms with Crippen molar-refractivity contribution in [3.63, 3.8) is 0 Å². The number of nitrogens with one attached hydrogen (secondary N) is 2. The molecule has 32 heavy (non-hydrogen) atoms. The van der Waals surface area contributed by atoms with Gasteiger partial charge in [-0.3, -0.25) is 9.59 Å². The first-order valence-corrected chi connectivity index (χ1v) is 9.62. The van der Waals surface area contributed by atoms with Crippen molar-refractivity contribution >= 4 is 17.5 Å². The third kappa shape index (κ3) is 4.67. The molecule has 0 aliphatic heterocycles. The van der Waals surface area contributed by atoms with E-state index < -0.39 is 30.0 Å². The summed E-state index contributed by atoms with van der Waals surface area (Å²) in [6, 6.07) is 21.4. The van der Waals surface area contributed by atoms with Gasteiger partial charge in [0.25, 0.3) is 5.91 Å². The van der Waals surface area contributed by atoms with Crippen molar-refractivity contribution in [3.8, 4) is 17.1 Å². The number of hydrogen-bond acceptors (Lipinski definition) is 4. The van der Waals surface area contributed by atoms with Crippen molar-refractivity contribution in [3.05, 3.63) is 96.3 Å². The van der Waals surface area contributed by atoms with E-state index in [1.807, 2.05) is 60.7 Å². The molecule has 0 spiro atoms. The Kier molecular flexibility index (Phi) is 5.98. The maximum Gasteiger partial charge on any atom is 0.291 e. The van der Waals surface area contributed by atoms with E-state index in [1.54, 1.807) is 4.68 Å². The highest BCUT2D eigenvalue weighted by Gasteiger charge is 2.19. The highest BCUT2D eigenvalue weighted by Crippen LogP contribution is 2.21. The average molecular weight is 433 g/mol. The van der Waals surface area contributed by atoms with Crippen LogP contribution in [0, 0.1) is 11.6 Å². The summed E-state index contributed by atoms with van der Waals surface area (Å²) in [7, 11) is 0. The van der Waals surface area contributed by atoms with Crippen molar-refractivity contribution in [2.75, 3.05) is 11.9 Å². The topological polar surface area (TPSA) is 88.9 Å². The van der Waals surface area contributed by atoms with Gasteiger partial charge in [-0.2, -0.15) is 0 Å². The summed E-state index contributed by atoms with van der Waals surface area (Å²) in [5, 5.41) is 9.12. The summed E-state index contributed by atoms with van der Waals surface area (Å²) < 4.78 is 27.8. The molecule has 7 nitrogen and oxygen atoms in total. The van der Waals surface area contributed by atoms with E-state index in [1.165, 1.54) is 6.07 Å². The SMILES string of the molecule is O=C(CNC(=O)c1nc(-c2ccccc2)n(-c2ccccc2)n1)Nc1ccc(F)c(F)c1. The van der Waals surface area contributed by atoms with Crippen LogP contribution in [-0.2, 0) is 4.79 Å². The molecule has 0 unspecified atom stereocenters. The van der Waals surface area contributed by atoms with Crippen molar-refractivity contribution in [1.29, 1.82) is 0 Å². The Morgan fingerprint density at radius 1 is 0.875 bits per heavy atom. The van der Waals surface area contributed by atoms with Gasteiger partial charge < -0.3 is 10.6 Å². The summed E-state index contributed by atoms with van der Waals surface area (Å²) in [6.07, 6.45) is 0. The van der Waals surface area contributed by atoms with Crippen LogP contribution >= 0.6 is 0 Å². The number of aromatic nitrogens is 3. The van der Waals surface area contributed by atoms with E-state index in [-0.39, 0.29) is 11.5 Å². The van der Waals surface area contributed by atoms with Gasteiger partial charge in [0.05, 0.1) is 12.2 Å². The molecule has 0 saturated heterocycles. The van der Waals surface area contributed by atoms with Crippen molar-refractivity contribution in [1.82, 2.24) is 20.1 Å². The zero-order chi connectivity index (χ0) is 22.5. The average Bonchev–Trinajstić information content (AvgIpc) is 3.27. The maximum absolute atomic E-state index is 13.3. The molecule has 3 aromatic carbocycles. The third-order valence-electron chi connectivity index (χ3n) is 4.46. The molecule has 0 aliphatic rings. The van der Waals surface area contributed by atoms with Crippen LogP contribution in [0.15, 0.2) is 78.9 Å². The zero-order valence-electron chi connectivity index (χ0n) is 16.6. The van der Waals surface area contributed by atoms with Gasteiger partial charge in [-0.15, -0.1) is 5.10 Å². The fourth-order valence-electron chi connectivity index (χ4n) is 2.95. The molecular formula is C23H17F2N5O2. The van der Waals surface area contributed by atoms with Gasteiger partial charge in [-0.25, -0.2) is 18.4 Å². The van der Waals surface area contributed by atoms with E-state index in [9.17, 15) is 18.4 Å². The van der Waals surface area contributed by atoms with Gasteiger partial charge in [-0.05, 0) is 24.3 Å². The first-order valence-electron chi connectivity index (χ1n) is 9.62. The third-order valence-corrected chi connectivity index (χ3v) is 4.46. The summed E-state index contributed by atoms with van der Waals surface area (Å²) in [4.78, 5) is 29.0. The highest BCUT2D eigenvalue weighted by molar-refractivity contribution is 5.97. The van der Waals surface area contributed by atoms with E-state index in [2.05, 4.69) is 20.7 Å². The van der Waals surface area contributed by atoms with Gasteiger partial charge in [0.15, 0.2) is 17.5 Å². The van der Waals surface area contributed by atoms with E-state index in [0.29, 0.717) is 11.5 Å². The fourth-order valence-corrected chi connectivity index (χ4v) is 2.95. The molecule has 160 valence electrons. The summed E-state index contributed by atoms with van der Waals surface area (Å²) >= 11 is 0. The van der Waals surface area contributed by atoms with Crippen LogP contribution in [0.25, 0.3) is 17.1 Å². The number of nitrogens with zero attached hydrogens (tertiary/aromatic N) is 3. The lowest BCUT2D eigenvalue weighted by Crippen LogP contribution is -2.33. The lowest BCUT2D eigenvalue weighted by Gasteiger charge is -2.06. The molecule has 4 aromatic rings. The summed E-state index contributed by atoms with van der Waals surface area (Å²) in [6.45, 7) is -0.404. The van der Waals surface area contributed by atoms with Gasteiger partial charge in [-0.1, -0.05) is 48.5 Å². The Labute approximate surface area is 181 Å². The Morgan fingerprint density at radius 2 is 1.56 bits per heavy atom. The number of amides is 2. The Balaban J connectivity index is 1.50. The van der Waals surface area contributed by atoms with E-state index in [4.69, 9.17) is 0 Å². The second kappa shape index (κ2) is 9.17. The smallest absolute Gasteiger partial charge is 0.291 e. The number of carbonyl (C=O) groups excluding carboxylic acids is 2. The number of benzene rings is 3. The first kappa shape index (κ1) is 20.9. The molecule has 4 rings (SSSR count). The molecule has 9 heteroatoms. The maximum atomic E-state index is 13.3. The van der Waals surface area contributed by atoms with Crippen LogP contribution in [0.3, 0.4) is 0 Å². The number of rotatable bonds is 6. The second-order valence-electron chi connectivity index (χ2n) is 6.73. The molecule has 0 radical (unpaired) electrons. The van der Waals surface area contributed by atoms with E-state index in [0.717, 1.165) is 17.7 Å². The van der Waals surface area contributed by atoms with Gasteiger partial charge in [0, 0.05) is 17.3 Å². The Bertz CT molecular complexity index is 1200. The van der Waals surface area contributed by atoms with Crippen LogP contribution in [0.2, 0.25) is 0 Å². The van der Waals surface area contributed by atoms with Crippen LogP contribution in [0.5, 0.6) is 0 Å². The second-order valence-corrected chi connectivity index (χ2v) is 6.73. The Morgan fingerprint density at radius 3 is 2.25 bits per heavy atom. The molecule has 1 heterocycles. The lowest BCUT2D eigenvalue weighted by atomic mass is 10.2. The quantitative estimate of drug-likeness (QED) is 0.487. The van der Waals surface area contributed by atoms with Crippen LogP contribution in [0.1, 0.15) is 10.6 Å². The largest absolute Gasteiger partial charge is 0.340 e. The predicted octanol–water partition coefficient (Wildman–Crippen LogP) is 3.58. The number of hydrogen-bond donors (Lipinski definition) is 2. The molecule has 0 fully saturated rings. The van der Waals surface area contributed by atoms with Crippen LogP contribution < -0.4 is 10.6 Å². The number of para-hydroxylation sites is 1. The standard InChI is InChI=1S/C23H17F2N5O2/c24-18-12-11-16(13-19(18)25)27-20(31)14-26-23(32)21-28-22(15-7-3-1-4-8-15)30(29-21)17-9-5-2-6-10-17/h1-13H,14H2,(H,26,32)(H,27,31). The minimum Gasteiger partial charge on any atom is -0.340 e. The van der Waals surface area contributed by atoms with Gasteiger partial charge in [0.1, 0.15) is 0 Å². The van der Waals surface area contributed by atoms with E-state index >= 15 is 0 Å². The highest BCUT2D eigenvalue weighted by atomic mass is 19.2. The lowest BCUT2D eigenvalue weighted by molar-refractivity contribution is -0.115. The van der Waals surface area contributed by atoms with Crippen molar-refractivity contribution < 1.29 is 18.4 Å². The molecule has 1 aromatic heterocycles. The van der Waals surface area contributed by atoms with Crippen LogP contribution in [-0.4, -0.2) is 33.1 Å². The fraction of sp³-hybridized carbons (Fsp3) is 0.0435. The molecule has 2 amide bonds. The molecule has 0 saturated carbocycles. The van der Waals surface area contributed by atoms with Gasteiger partial charge in [0.2, 0.25) is 11.7 Å². The molecule has 0 atom stereocenters. The summed E-state index contributed by atoms with van der Waals surface area (Å²) in [5.41, 5.74) is 1.55. The predicted molar refractivity (Wildman–Crippen MR) is 114 cm³/mol. The normalized spacial score (nSPS) is 10.6. The monoisotopic (exact) mass is 433 g/mol. The molecule has 2 N–H and O–H groups in total. The van der Waals surface area contributed by atoms with Gasteiger partial charge >= 0.3 is 0 Å². The van der Waals surface area contributed by atoms with Crippen molar-refractivity contribution in [2.24, 2.45) is 0 Å². The first-order chi connectivity index (χ1) is 15.5. The molecule has 0 aliphatic carbocycles. The number of halogens is 2. The zero-order valence-corrected chi connectivity index (χ0v) is 16.6. The van der Waals surface area contributed by atoms with Crippen molar-refractivity contribution in [2.45, 2.75) is 0 Å².